The molecular formula is C14H22BrN3O. The molecule has 1 aromatic rings. The smallest absolute Gasteiger partial charge is 0.238 e. The van der Waals surface area contributed by atoms with Crippen molar-refractivity contribution in [3.63, 3.8) is 0 Å². The van der Waals surface area contributed by atoms with E-state index >= 15 is 0 Å². The number of hydrogen-bond donors (Lipinski definition) is 2. The summed E-state index contributed by atoms with van der Waals surface area (Å²) in [7, 11) is 4.06. The van der Waals surface area contributed by atoms with Crippen LogP contribution in [-0.2, 0) is 4.79 Å². The Morgan fingerprint density at radius 2 is 2.05 bits per heavy atom. The van der Waals surface area contributed by atoms with Gasteiger partial charge < -0.3 is 15.5 Å². The van der Waals surface area contributed by atoms with Crippen molar-refractivity contribution in [1.29, 1.82) is 0 Å². The molecule has 4 nitrogen and oxygen atoms in total. The third-order valence-electron chi connectivity index (χ3n) is 3.16. The summed E-state index contributed by atoms with van der Waals surface area (Å²) in [5.74, 6) is -0.0346. The highest BCUT2D eigenvalue weighted by Crippen LogP contribution is 2.15. The van der Waals surface area contributed by atoms with Gasteiger partial charge in [-0.25, -0.2) is 0 Å². The molecule has 2 N–H and O–H groups in total. The summed E-state index contributed by atoms with van der Waals surface area (Å²) in [5, 5.41) is 6.03. The van der Waals surface area contributed by atoms with Gasteiger partial charge in [-0.15, -0.1) is 0 Å². The van der Waals surface area contributed by atoms with Crippen LogP contribution >= 0.6 is 15.9 Å². The van der Waals surface area contributed by atoms with Crippen molar-refractivity contribution in [1.82, 2.24) is 10.2 Å². The van der Waals surface area contributed by atoms with Gasteiger partial charge in [0.15, 0.2) is 0 Å². The number of nitrogens with zero attached hydrogens (tertiary/aromatic N) is 1. The molecular weight excluding hydrogens is 306 g/mol. The average Bonchev–Trinajstić information content (AvgIpc) is 2.28. The Bertz CT molecular complexity index is 432. The molecule has 0 radical (unpaired) electrons. The summed E-state index contributed by atoms with van der Waals surface area (Å²) in [6, 6.07) is 7.56. The molecule has 19 heavy (non-hydrogen) atoms. The van der Waals surface area contributed by atoms with Crippen LogP contribution in [0.1, 0.15) is 13.8 Å². The zero-order valence-corrected chi connectivity index (χ0v) is 13.5. The van der Waals surface area contributed by atoms with Gasteiger partial charge in [0.05, 0.1) is 6.54 Å². The van der Waals surface area contributed by atoms with E-state index in [0.717, 1.165) is 16.7 Å². The number of nitrogens with one attached hydrogen (secondary N) is 2. The molecule has 106 valence electrons. The van der Waals surface area contributed by atoms with Gasteiger partial charge in [-0.05, 0) is 46.1 Å². The van der Waals surface area contributed by atoms with Gasteiger partial charge in [-0.1, -0.05) is 22.0 Å². The monoisotopic (exact) mass is 327 g/mol. The first kappa shape index (κ1) is 16.1. The molecule has 0 fully saturated rings. The van der Waals surface area contributed by atoms with E-state index in [0.29, 0.717) is 6.54 Å². The van der Waals surface area contributed by atoms with Gasteiger partial charge in [0.2, 0.25) is 5.91 Å². The molecule has 0 bridgehead atoms. The van der Waals surface area contributed by atoms with Gasteiger partial charge in [-0.2, -0.15) is 0 Å². The Kier molecular flexibility index (Phi) is 5.97. The first-order chi connectivity index (χ1) is 8.81. The molecule has 0 spiro atoms. The molecule has 0 heterocycles. The van der Waals surface area contributed by atoms with Crippen LogP contribution in [0.2, 0.25) is 0 Å². The maximum Gasteiger partial charge on any atom is 0.238 e. The molecule has 0 unspecified atom stereocenters. The summed E-state index contributed by atoms with van der Waals surface area (Å²) in [4.78, 5) is 13.9. The number of likely N-dealkylation sites (N-methyl/N-ethyl adjacent to an activating group) is 1. The molecule has 5 heteroatoms. The topological polar surface area (TPSA) is 44.4 Å². The highest BCUT2D eigenvalue weighted by molar-refractivity contribution is 9.10. The number of anilines is 1. The van der Waals surface area contributed by atoms with Crippen molar-refractivity contribution >= 4 is 27.5 Å². The van der Waals surface area contributed by atoms with Crippen molar-refractivity contribution < 1.29 is 4.79 Å². The van der Waals surface area contributed by atoms with Crippen molar-refractivity contribution in [2.45, 2.75) is 19.4 Å². The maximum absolute atomic E-state index is 11.8. The first-order valence-corrected chi connectivity index (χ1v) is 7.04. The Hall–Kier alpha value is -0.910. The van der Waals surface area contributed by atoms with Gasteiger partial charge in [0.25, 0.3) is 0 Å². The number of halogens is 1. The van der Waals surface area contributed by atoms with E-state index in [1.807, 2.05) is 38.4 Å². The minimum absolute atomic E-state index is 0.0239. The van der Waals surface area contributed by atoms with Gasteiger partial charge in [0, 0.05) is 22.2 Å². The second-order valence-electron chi connectivity index (χ2n) is 5.37. The van der Waals surface area contributed by atoms with Gasteiger partial charge in [-0.3, -0.25) is 4.79 Å². The Labute approximate surface area is 123 Å². The maximum atomic E-state index is 11.8. The summed E-state index contributed by atoms with van der Waals surface area (Å²) in [6.07, 6.45) is 0. The quantitative estimate of drug-likeness (QED) is 0.842. The van der Waals surface area contributed by atoms with Crippen LogP contribution in [0, 0.1) is 0 Å². The van der Waals surface area contributed by atoms with E-state index in [9.17, 15) is 4.79 Å². The average molecular weight is 328 g/mol. The lowest BCUT2D eigenvalue weighted by Gasteiger charge is -2.32. The van der Waals surface area contributed by atoms with Crippen LogP contribution in [-0.4, -0.2) is 43.5 Å². The largest absolute Gasteiger partial charge is 0.325 e. The molecule has 1 amide bonds. The molecule has 0 aliphatic heterocycles. The summed E-state index contributed by atoms with van der Waals surface area (Å²) in [5.41, 5.74) is 0.823. The van der Waals surface area contributed by atoms with Crippen molar-refractivity contribution in [3.05, 3.63) is 28.7 Å². The SMILES string of the molecule is CN(C)C(C)(C)CNCC(=O)Nc1cccc(Br)c1. The predicted octanol–water partition coefficient (Wildman–Crippen LogP) is 2.32. The van der Waals surface area contributed by atoms with Crippen LogP contribution in [0.15, 0.2) is 28.7 Å². The molecule has 0 atom stereocenters. The lowest BCUT2D eigenvalue weighted by Crippen LogP contribution is -2.48. The fraction of sp³-hybridized carbons (Fsp3) is 0.500. The summed E-state index contributed by atoms with van der Waals surface area (Å²) >= 11 is 3.37. The standard InChI is InChI=1S/C14H22BrN3O/c1-14(2,18(3)4)10-16-9-13(19)17-12-7-5-6-11(15)8-12/h5-8,16H,9-10H2,1-4H3,(H,17,19). The second kappa shape index (κ2) is 7.03. The van der Waals surface area contributed by atoms with Crippen LogP contribution in [0.3, 0.4) is 0 Å². The Morgan fingerprint density at radius 1 is 1.37 bits per heavy atom. The van der Waals surface area contributed by atoms with Crippen LogP contribution in [0.5, 0.6) is 0 Å². The van der Waals surface area contributed by atoms with E-state index in [1.165, 1.54) is 0 Å². The third-order valence-corrected chi connectivity index (χ3v) is 3.66. The number of carbonyl (C=O) groups excluding carboxylic acids is 1. The van der Waals surface area contributed by atoms with Crippen molar-refractivity contribution in [3.8, 4) is 0 Å². The molecule has 0 aromatic heterocycles. The van der Waals surface area contributed by atoms with Crippen molar-refractivity contribution in [2.75, 3.05) is 32.5 Å². The number of carbonyl (C=O) groups is 1. The first-order valence-electron chi connectivity index (χ1n) is 6.25. The lowest BCUT2D eigenvalue weighted by atomic mass is 10.0. The number of amides is 1. The zero-order chi connectivity index (χ0) is 14.5. The fourth-order valence-corrected chi connectivity index (χ4v) is 1.81. The fourth-order valence-electron chi connectivity index (χ4n) is 1.41. The third kappa shape index (κ3) is 5.72. The van der Waals surface area contributed by atoms with Crippen molar-refractivity contribution in [2.24, 2.45) is 0 Å². The Morgan fingerprint density at radius 3 is 2.63 bits per heavy atom. The molecule has 0 saturated carbocycles. The molecule has 0 aliphatic carbocycles. The molecule has 1 rings (SSSR count). The predicted molar refractivity (Wildman–Crippen MR) is 83.4 cm³/mol. The number of benzene rings is 1. The minimum Gasteiger partial charge on any atom is -0.325 e. The molecule has 1 aromatic carbocycles. The van der Waals surface area contributed by atoms with E-state index in [4.69, 9.17) is 0 Å². The number of hydrogen-bond acceptors (Lipinski definition) is 3. The van der Waals surface area contributed by atoms with E-state index < -0.39 is 0 Å². The minimum atomic E-state index is -0.0346. The molecule has 0 saturated heterocycles. The van der Waals surface area contributed by atoms with Crippen LogP contribution < -0.4 is 10.6 Å². The zero-order valence-electron chi connectivity index (χ0n) is 12.0. The van der Waals surface area contributed by atoms with E-state index in [-0.39, 0.29) is 11.4 Å². The summed E-state index contributed by atoms with van der Waals surface area (Å²) < 4.78 is 0.951. The van der Waals surface area contributed by atoms with E-state index in [2.05, 4.69) is 45.3 Å². The van der Waals surface area contributed by atoms with Gasteiger partial charge >= 0.3 is 0 Å². The normalized spacial score (nSPS) is 11.7. The Balaban J connectivity index is 2.37. The highest BCUT2D eigenvalue weighted by atomic mass is 79.9. The van der Waals surface area contributed by atoms with Crippen LogP contribution in [0.25, 0.3) is 0 Å². The highest BCUT2D eigenvalue weighted by Gasteiger charge is 2.19. The van der Waals surface area contributed by atoms with Gasteiger partial charge in [0.1, 0.15) is 0 Å². The number of rotatable bonds is 6. The van der Waals surface area contributed by atoms with Crippen LogP contribution in [0.4, 0.5) is 5.69 Å². The lowest BCUT2D eigenvalue weighted by molar-refractivity contribution is -0.115. The molecule has 0 aliphatic rings. The van der Waals surface area contributed by atoms with E-state index in [1.54, 1.807) is 0 Å². The summed E-state index contributed by atoms with van der Waals surface area (Å²) in [6.45, 7) is 5.33. The second-order valence-corrected chi connectivity index (χ2v) is 6.28.